The predicted molar refractivity (Wildman–Crippen MR) is 53.7 cm³/mol. The van der Waals surface area contributed by atoms with Gasteiger partial charge in [0.25, 0.3) is 0 Å². The summed E-state index contributed by atoms with van der Waals surface area (Å²) in [4.78, 5) is 3.90. The summed E-state index contributed by atoms with van der Waals surface area (Å²) in [6.45, 7) is 3.82. The fraction of sp³-hybridized carbons (Fsp3) is 0.500. The van der Waals surface area contributed by atoms with E-state index in [0.29, 0.717) is 0 Å². The van der Waals surface area contributed by atoms with E-state index in [-0.39, 0.29) is 17.4 Å². The van der Waals surface area contributed by atoms with E-state index in [4.69, 9.17) is 5.73 Å². The van der Waals surface area contributed by atoms with Crippen molar-refractivity contribution >= 4 is 0 Å². The lowest BCUT2D eigenvalue weighted by atomic mass is 9.97. The summed E-state index contributed by atoms with van der Waals surface area (Å²) in [5, 5.41) is 19.2. The summed E-state index contributed by atoms with van der Waals surface area (Å²) in [6.07, 6.45) is 0.599. The smallest absolute Gasteiger partial charge is 0.139 e. The molecule has 4 heteroatoms. The molecule has 1 rings (SSSR count). The summed E-state index contributed by atoms with van der Waals surface area (Å²) in [7, 11) is 0. The number of aromatic nitrogens is 1. The van der Waals surface area contributed by atoms with Crippen molar-refractivity contribution in [3.8, 4) is 5.75 Å². The zero-order valence-electron chi connectivity index (χ0n) is 8.38. The normalized spacial score (nSPS) is 15.5. The largest absolute Gasteiger partial charge is 0.506 e. The Morgan fingerprint density at radius 3 is 2.57 bits per heavy atom. The van der Waals surface area contributed by atoms with Gasteiger partial charge in [0.1, 0.15) is 17.5 Å². The molecule has 2 atom stereocenters. The molecule has 1 heterocycles. The third kappa shape index (κ3) is 2.21. The number of aliphatic hydroxyl groups excluding tert-OH is 1. The van der Waals surface area contributed by atoms with E-state index >= 15 is 0 Å². The van der Waals surface area contributed by atoms with Crippen LogP contribution in [0.5, 0.6) is 5.75 Å². The van der Waals surface area contributed by atoms with E-state index in [1.807, 2.05) is 13.8 Å². The van der Waals surface area contributed by atoms with Gasteiger partial charge in [0, 0.05) is 12.2 Å². The fourth-order valence-corrected chi connectivity index (χ4v) is 1.18. The van der Waals surface area contributed by atoms with E-state index in [9.17, 15) is 10.2 Å². The first-order valence-corrected chi connectivity index (χ1v) is 4.61. The van der Waals surface area contributed by atoms with Crippen molar-refractivity contribution in [1.82, 2.24) is 4.98 Å². The third-order valence-electron chi connectivity index (χ3n) is 2.23. The standard InChI is InChI=1S/C10H16N2O2/c1-6(2)8(11)10(14)9-7(13)4-3-5-12-9/h3-6,8,10,13-14H,11H2,1-2H3/t8-,10-/m0/s1. The van der Waals surface area contributed by atoms with Crippen molar-refractivity contribution in [2.24, 2.45) is 11.7 Å². The van der Waals surface area contributed by atoms with Gasteiger partial charge in [-0.05, 0) is 18.1 Å². The predicted octanol–water partition coefficient (Wildman–Crippen LogP) is 0.804. The zero-order valence-corrected chi connectivity index (χ0v) is 8.38. The highest BCUT2D eigenvalue weighted by atomic mass is 16.3. The van der Waals surface area contributed by atoms with Crippen molar-refractivity contribution in [2.75, 3.05) is 0 Å². The second-order valence-electron chi connectivity index (χ2n) is 3.67. The summed E-state index contributed by atoms with van der Waals surface area (Å²) in [5.74, 6) is 0.113. The molecule has 78 valence electrons. The molecule has 0 aliphatic heterocycles. The van der Waals surface area contributed by atoms with Crippen LogP contribution in [0.2, 0.25) is 0 Å². The molecule has 0 aliphatic rings. The molecule has 14 heavy (non-hydrogen) atoms. The molecular formula is C10H16N2O2. The number of nitrogens with two attached hydrogens (primary N) is 1. The number of rotatable bonds is 3. The second-order valence-corrected chi connectivity index (χ2v) is 3.67. The van der Waals surface area contributed by atoms with E-state index in [1.165, 1.54) is 12.3 Å². The minimum atomic E-state index is -0.920. The fourth-order valence-electron chi connectivity index (χ4n) is 1.18. The first kappa shape index (κ1) is 10.9. The van der Waals surface area contributed by atoms with Crippen LogP contribution in [0, 0.1) is 5.92 Å². The van der Waals surface area contributed by atoms with E-state index in [2.05, 4.69) is 4.98 Å². The molecule has 1 aromatic rings. The summed E-state index contributed by atoms with van der Waals surface area (Å²) in [5.41, 5.74) is 6.00. The molecule has 1 aromatic heterocycles. The van der Waals surface area contributed by atoms with Gasteiger partial charge in [0.05, 0.1) is 0 Å². The minimum absolute atomic E-state index is 0.0175. The molecule has 4 nitrogen and oxygen atoms in total. The van der Waals surface area contributed by atoms with Crippen LogP contribution < -0.4 is 5.73 Å². The van der Waals surface area contributed by atoms with E-state index in [0.717, 1.165) is 0 Å². The van der Waals surface area contributed by atoms with Gasteiger partial charge in [-0.1, -0.05) is 13.8 Å². The maximum Gasteiger partial charge on any atom is 0.139 e. The molecule has 0 amide bonds. The van der Waals surface area contributed by atoms with Gasteiger partial charge in [-0.15, -0.1) is 0 Å². The minimum Gasteiger partial charge on any atom is -0.506 e. The zero-order chi connectivity index (χ0) is 10.7. The third-order valence-corrected chi connectivity index (χ3v) is 2.23. The van der Waals surface area contributed by atoms with Gasteiger partial charge in [0.15, 0.2) is 0 Å². The van der Waals surface area contributed by atoms with Crippen LogP contribution in [0.4, 0.5) is 0 Å². The maximum atomic E-state index is 9.79. The van der Waals surface area contributed by atoms with Crippen LogP contribution in [-0.2, 0) is 0 Å². The maximum absolute atomic E-state index is 9.79. The van der Waals surface area contributed by atoms with Crippen molar-refractivity contribution < 1.29 is 10.2 Å². The van der Waals surface area contributed by atoms with Crippen LogP contribution in [0.15, 0.2) is 18.3 Å². The Kier molecular flexibility index (Phi) is 3.43. The van der Waals surface area contributed by atoms with Gasteiger partial charge in [-0.3, -0.25) is 4.98 Å². The van der Waals surface area contributed by atoms with Gasteiger partial charge in [-0.2, -0.15) is 0 Å². The number of aromatic hydroxyl groups is 1. The summed E-state index contributed by atoms with van der Waals surface area (Å²) < 4.78 is 0. The highest BCUT2D eigenvalue weighted by molar-refractivity contribution is 5.27. The molecule has 0 fully saturated rings. The van der Waals surface area contributed by atoms with E-state index < -0.39 is 12.1 Å². The molecule has 0 aromatic carbocycles. The van der Waals surface area contributed by atoms with Gasteiger partial charge in [0.2, 0.25) is 0 Å². The SMILES string of the molecule is CC(C)[C@H](N)[C@H](O)c1ncccc1O. The number of hydrogen-bond donors (Lipinski definition) is 3. The molecule has 0 saturated heterocycles. The molecule has 0 radical (unpaired) electrons. The topological polar surface area (TPSA) is 79.4 Å². The molecular weight excluding hydrogens is 180 g/mol. The van der Waals surface area contributed by atoms with Crippen molar-refractivity contribution in [3.05, 3.63) is 24.0 Å². The Hall–Kier alpha value is -1.13. The first-order valence-electron chi connectivity index (χ1n) is 4.61. The molecule has 0 spiro atoms. The Bertz CT molecular complexity index is 302. The average molecular weight is 196 g/mol. The quantitative estimate of drug-likeness (QED) is 0.668. The Morgan fingerprint density at radius 1 is 1.43 bits per heavy atom. The van der Waals surface area contributed by atoms with Crippen molar-refractivity contribution in [2.45, 2.75) is 26.0 Å². The van der Waals surface area contributed by atoms with Crippen LogP contribution in [0.3, 0.4) is 0 Å². The van der Waals surface area contributed by atoms with Crippen molar-refractivity contribution in [3.63, 3.8) is 0 Å². The Balaban J connectivity index is 2.89. The molecule has 4 N–H and O–H groups in total. The van der Waals surface area contributed by atoms with E-state index in [1.54, 1.807) is 6.07 Å². The second kappa shape index (κ2) is 4.39. The van der Waals surface area contributed by atoms with Gasteiger partial charge in [-0.25, -0.2) is 0 Å². The summed E-state index contributed by atoms with van der Waals surface area (Å²) >= 11 is 0. The number of nitrogens with zero attached hydrogens (tertiary/aromatic N) is 1. The van der Waals surface area contributed by atoms with Crippen LogP contribution >= 0.6 is 0 Å². The highest BCUT2D eigenvalue weighted by Gasteiger charge is 2.23. The molecule has 0 aliphatic carbocycles. The number of aliphatic hydroxyl groups is 1. The van der Waals surface area contributed by atoms with Gasteiger partial charge >= 0.3 is 0 Å². The number of pyridine rings is 1. The highest BCUT2D eigenvalue weighted by Crippen LogP contribution is 2.25. The van der Waals surface area contributed by atoms with Crippen LogP contribution in [-0.4, -0.2) is 21.2 Å². The molecule has 0 unspecified atom stereocenters. The van der Waals surface area contributed by atoms with Gasteiger partial charge < -0.3 is 15.9 Å². The lowest BCUT2D eigenvalue weighted by Gasteiger charge is -2.21. The first-order chi connectivity index (χ1) is 6.54. The summed E-state index contributed by atoms with van der Waals surface area (Å²) in [6, 6.07) is 2.67. The molecule has 0 bridgehead atoms. The number of hydrogen-bond acceptors (Lipinski definition) is 4. The Morgan fingerprint density at radius 2 is 2.07 bits per heavy atom. The lowest BCUT2D eigenvalue weighted by Crippen LogP contribution is -2.33. The average Bonchev–Trinajstić information content (AvgIpc) is 2.16. The van der Waals surface area contributed by atoms with Crippen LogP contribution in [0.25, 0.3) is 0 Å². The van der Waals surface area contributed by atoms with Crippen LogP contribution in [0.1, 0.15) is 25.6 Å². The monoisotopic (exact) mass is 196 g/mol. The van der Waals surface area contributed by atoms with Crippen molar-refractivity contribution in [1.29, 1.82) is 0 Å². The Labute approximate surface area is 83.4 Å². The molecule has 0 saturated carbocycles. The lowest BCUT2D eigenvalue weighted by molar-refractivity contribution is 0.118.